The van der Waals surface area contributed by atoms with Crippen LogP contribution in [-0.4, -0.2) is 80.1 Å². The Labute approximate surface area is 155 Å². The van der Waals surface area contributed by atoms with E-state index >= 15 is 0 Å². The number of hydrogen-bond acceptors (Lipinski definition) is 4. The third-order valence-electron chi connectivity index (χ3n) is 5.14. The van der Waals surface area contributed by atoms with Crippen molar-refractivity contribution in [1.82, 2.24) is 14.7 Å². The van der Waals surface area contributed by atoms with Gasteiger partial charge in [0.1, 0.15) is 0 Å². The smallest absolute Gasteiger partial charge is 0.223 e. The number of amides is 1. The van der Waals surface area contributed by atoms with Gasteiger partial charge in [0.15, 0.2) is 0 Å². The number of likely N-dealkylation sites (tertiary alicyclic amines) is 1. The number of hydrogen-bond donors (Lipinski definition) is 0. The van der Waals surface area contributed by atoms with Crippen LogP contribution in [0.25, 0.3) is 0 Å². The van der Waals surface area contributed by atoms with Gasteiger partial charge in [-0.2, -0.15) is 0 Å². The van der Waals surface area contributed by atoms with Crippen LogP contribution in [0.2, 0.25) is 5.02 Å². The molecule has 0 N–H and O–H groups in total. The first-order chi connectivity index (χ1) is 12.1. The summed E-state index contributed by atoms with van der Waals surface area (Å²) in [5.41, 5.74) is 1.27. The van der Waals surface area contributed by atoms with E-state index in [0.717, 1.165) is 57.4 Å². The first kappa shape index (κ1) is 18.6. The summed E-state index contributed by atoms with van der Waals surface area (Å²) >= 11 is 6.07. The minimum atomic E-state index is 0.279. The molecule has 2 fully saturated rings. The second-order valence-corrected chi connectivity index (χ2v) is 7.55. The maximum Gasteiger partial charge on any atom is 0.223 e. The minimum absolute atomic E-state index is 0.279. The Hall–Kier alpha value is -1.14. The second kappa shape index (κ2) is 8.99. The van der Waals surface area contributed by atoms with Crippen LogP contribution in [0.15, 0.2) is 24.3 Å². The molecule has 6 heteroatoms. The van der Waals surface area contributed by atoms with Crippen molar-refractivity contribution >= 4 is 17.5 Å². The van der Waals surface area contributed by atoms with Gasteiger partial charge in [-0.25, -0.2) is 0 Å². The van der Waals surface area contributed by atoms with Gasteiger partial charge in [-0.3, -0.25) is 9.69 Å². The van der Waals surface area contributed by atoms with Crippen molar-refractivity contribution in [3.63, 3.8) is 0 Å². The Morgan fingerprint density at radius 3 is 2.68 bits per heavy atom. The van der Waals surface area contributed by atoms with E-state index in [4.69, 9.17) is 16.3 Å². The van der Waals surface area contributed by atoms with Crippen molar-refractivity contribution in [2.24, 2.45) is 5.92 Å². The molecule has 1 amide bonds. The molecular formula is C19H28ClN3O2. The summed E-state index contributed by atoms with van der Waals surface area (Å²) in [5.74, 6) is 0.741. The molecule has 2 aliphatic heterocycles. The van der Waals surface area contributed by atoms with E-state index in [1.54, 1.807) is 7.11 Å². The van der Waals surface area contributed by atoms with Gasteiger partial charge >= 0.3 is 0 Å². The molecule has 0 unspecified atom stereocenters. The van der Waals surface area contributed by atoms with Crippen molar-refractivity contribution in [2.75, 3.05) is 59.5 Å². The van der Waals surface area contributed by atoms with Crippen LogP contribution in [0.5, 0.6) is 0 Å². The summed E-state index contributed by atoms with van der Waals surface area (Å²) < 4.78 is 5.09. The van der Waals surface area contributed by atoms with Gasteiger partial charge in [-0.1, -0.05) is 23.7 Å². The van der Waals surface area contributed by atoms with E-state index in [2.05, 4.69) is 15.9 Å². The molecule has 2 aliphatic rings. The molecule has 1 aromatic rings. The van der Waals surface area contributed by atoms with Crippen LogP contribution >= 0.6 is 11.6 Å². The largest absolute Gasteiger partial charge is 0.383 e. The lowest BCUT2D eigenvalue weighted by Crippen LogP contribution is -2.47. The van der Waals surface area contributed by atoms with Gasteiger partial charge in [-0.05, 0) is 23.6 Å². The third-order valence-corrected chi connectivity index (χ3v) is 5.37. The van der Waals surface area contributed by atoms with Gasteiger partial charge in [0.2, 0.25) is 5.91 Å². The molecule has 0 bridgehead atoms. The molecule has 138 valence electrons. The van der Waals surface area contributed by atoms with Gasteiger partial charge < -0.3 is 14.5 Å². The number of carbonyl (C=O) groups excluding carboxylic acids is 1. The molecule has 1 atom stereocenters. The van der Waals surface area contributed by atoms with Gasteiger partial charge in [0, 0.05) is 70.9 Å². The summed E-state index contributed by atoms with van der Waals surface area (Å²) in [6.07, 6.45) is 0.687. The maximum absolute atomic E-state index is 12.0. The number of benzene rings is 1. The number of ether oxygens (including phenoxy) is 1. The number of carbonyl (C=O) groups is 1. The van der Waals surface area contributed by atoms with Crippen molar-refractivity contribution in [3.8, 4) is 0 Å². The predicted octanol–water partition coefficient (Wildman–Crippen LogP) is 1.95. The Morgan fingerprint density at radius 2 is 1.96 bits per heavy atom. The molecule has 25 heavy (non-hydrogen) atoms. The molecule has 5 nitrogen and oxygen atoms in total. The van der Waals surface area contributed by atoms with Crippen LogP contribution in [-0.2, 0) is 16.1 Å². The lowest BCUT2D eigenvalue weighted by molar-refractivity contribution is -0.128. The molecule has 2 heterocycles. The zero-order chi connectivity index (χ0) is 17.6. The summed E-state index contributed by atoms with van der Waals surface area (Å²) in [6.45, 7) is 8.50. The number of piperazine rings is 1. The molecular weight excluding hydrogens is 338 g/mol. The number of nitrogens with zero attached hydrogens (tertiary/aromatic N) is 3. The average molecular weight is 366 g/mol. The van der Waals surface area contributed by atoms with Crippen LogP contribution in [0, 0.1) is 5.92 Å². The highest BCUT2D eigenvalue weighted by molar-refractivity contribution is 6.30. The molecule has 0 radical (unpaired) electrons. The molecule has 0 spiro atoms. The van der Waals surface area contributed by atoms with E-state index in [1.807, 2.05) is 23.1 Å². The van der Waals surface area contributed by atoms with Crippen LogP contribution < -0.4 is 0 Å². The Morgan fingerprint density at radius 1 is 1.20 bits per heavy atom. The third kappa shape index (κ3) is 5.42. The summed E-state index contributed by atoms with van der Waals surface area (Å²) in [5, 5.41) is 0.806. The molecule has 1 aromatic carbocycles. The van der Waals surface area contributed by atoms with Crippen molar-refractivity contribution in [3.05, 3.63) is 34.9 Å². The van der Waals surface area contributed by atoms with Crippen LogP contribution in [0.3, 0.4) is 0 Å². The molecule has 0 saturated carbocycles. The first-order valence-corrected chi connectivity index (χ1v) is 9.47. The Kier molecular flexibility index (Phi) is 6.70. The fourth-order valence-corrected chi connectivity index (χ4v) is 4.00. The van der Waals surface area contributed by atoms with E-state index in [-0.39, 0.29) is 5.91 Å². The zero-order valence-corrected chi connectivity index (χ0v) is 15.7. The Bertz CT molecular complexity index is 576. The number of methoxy groups -OCH3 is 1. The first-order valence-electron chi connectivity index (χ1n) is 9.10. The highest BCUT2D eigenvalue weighted by Crippen LogP contribution is 2.20. The molecule has 2 saturated heterocycles. The average Bonchev–Trinajstić information content (AvgIpc) is 2.94. The minimum Gasteiger partial charge on any atom is -0.383 e. The van der Waals surface area contributed by atoms with E-state index < -0.39 is 0 Å². The summed E-state index contributed by atoms with van der Waals surface area (Å²) in [6, 6.07) is 8.12. The number of halogens is 1. The zero-order valence-electron chi connectivity index (χ0n) is 15.0. The SMILES string of the molecule is COCCN1C[C@H](CN2CCN(Cc3cccc(Cl)c3)CC2)CC1=O. The van der Waals surface area contributed by atoms with Crippen molar-refractivity contribution < 1.29 is 9.53 Å². The second-order valence-electron chi connectivity index (χ2n) is 7.11. The fraction of sp³-hybridized carbons (Fsp3) is 0.632. The lowest BCUT2D eigenvalue weighted by Gasteiger charge is -2.35. The van der Waals surface area contributed by atoms with Gasteiger partial charge in [0.25, 0.3) is 0 Å². The van der Waals surface area contributed by atoms with E-state index in [1.165, 1.54) is 5.56 Å². The van der Waals surface area contributed by atoms with Crippen LogP contribution in [0.1, 0.15) is 12.0 Å². The monoisotopic (exact) mass is 365 g/mol. The highest BCUT2D eigenvalue weighted by Gasteiger charge is 2.31. The van der Waals surface area contributed by atoms with Crippen LogP contribution in [0.4, 0.5) is 0 Å². The summed E-state index contributed by atoms with van der Waals surface area (Å²) in [4.78, 5) is 19.0. The normalized spacial score (nSPS) is 22.7. The van der Waals surface area contributed by atoms with Gasteiger partial charge in [0.05, 0.1) is 6.61 Å². The highest BCUT2D eigenvalue weighted by atomic mass is 35.5. The van der Waals surface area contributed by atoms with E-state index in [9.17, 15) is 4.79 Å². The predicted molar refractivity (Wildman–Crippen MR) is 99.7 cm³/mol. The van der Waals surface area contributed by atoms with Crippen molar-refractivity contribution in [1.29, 1.82) is 0 Å². The molecule has 3 rings (SSSR count). The Balaban J connectivity index is 1.40. The quantitative estimate of drug-likeness (QED) is 0.740. The fourth-order valence-electron chi connectivity index (χ4n) is 3.78. The lowest BCUT2D eigenvalue weighted by atomic mass is 10.1. The van der Waals surface area contributed by atoms with Gasteiger partial charge in [-0.15, -0.1) is 0 Å². The number of rotatable bonds is 7. The van der Waals surface area contributed by atoms with Crippen molar-refractivity contribution in [2.45, 2.75) is 13.0 Å². The summed E-state index contributed by atoms with van der Waals surface area (Å²) in [7, 11) is 1.68. The molecule has 0 aliphatic carbocycles. The topological polar surface area (TPSA) is 36.0 Å². The maximum atomic E-state index is 12.0. The standard InChI is InChI=1S/C19H28ClN3O2/c1-25-10-9-23-15-17(12-19(23)24)14-22-7-5-21(6-8-22)13-16-3-2-4-18(20)11-16/h2-4,11,17H,5-10,12-15H2,1H3/t17-/m0/s1. The molecule has 0 aromatic heterocycles. The van der Waals surface area contributed by atoms with E-state index in [0.29, 0.717) is 18.9 Å².